The van der Waals surface area contributed by atoms with Gasteiger partial charge in [0.25, 0.3) is 0 Å². The zero-order chi connectivity index (χ0) is 11.5. The maximum absolute atomic E-state index is 11.9. The smallest absolute Gasteiger partial charge is 0.422 e. The zero-order valence-electron chi connectivity index (χ0n) is 7.64. The van der Waals surface area contributed by atoms with Gasteiger partial charge in [0.2, 0.25) is 0 Å². The summed E-state index contributed by atoms with van der Waals surface area (Å²) in [5.74, 6) is 0.148. The van der Waals surface area contributed by atoms with Crippen molar-refractivity contribution in [2.75, 3.05) is 6.61 Å². The van der Waals surface area contributed by atoms with Gasteiger partial charge in [0.05, 0.1) is 4.47 Å². The largest absolute Gasteiger partial charge is 0.483 e. The molecule has 0 radical (unpaired) electrons. The lowest BCUT2D eigenvalue weighted by Gasteiger charge is -2.12. The summed E-state index contributed by atoms with van der Waals surface area (Å²) in [7, 11) is 0. The molecule has 0 amide bonds. The number of benzene rings is 1. The van der Waals surface area contributed by atoms with Gasteiger partial charge < -0.3 is 10.5 Å². The predicted octanol–water partition coefficient (Wildman–Crippen LogP) is 2.85. The first-order chi connectivity index (χ1) is 6.94. The minimum Gasteiger partial charge on any atom is -0.483 e. The molecule has 0 spiro atoms. The second kappa shape index (κ2) is 4.85. The van der Waals surface area contributed by atoms with E-state index >= 15 is 0 Å². The maximum Gasteiger partial charge on any atom is 0.422 e. The van der Waals surface area contributed by atoms with Gasteiger partial charge in [-0.15, -0.1) is 0 Å². The second-order valence-electron chi connectivity index (χ2n) is 2.84. The van der Waals surface area contributed by atoms with E-state index in [1.165, 1.54) is 6.07 Å². The van der Waals surface area contributed by atoms with Crippen molar-refractivity contribution in [3.05, 3.63) is 28.2 Å². The van der Waals surface area contributed by atoms with Gasteiger partial charge in [-0.25, -0.2) is 0 Å². The SMILES string of the molecule is NCc1cccc(OCC(F)(F)F)c1Br. The highest BCUT2D eigenvalue weighted by atomic mass is 79.9. The molecule has 0 aliphatic carbocycles. The zero-order valence-corrected chi connectivity index (χ0v) is 9.23. The van der Waals surface area contributed by atoms with E-state index in [1.54, 1.807) is 12.1 Å². The number of rotatable bonds is 3. The van der Waals surface area contributed by atoms with Crippen molar-refractivity contribution in [3.8, 4) is 5.75 Å². The topological polar surface area (TPSA) is 35.2 Å². The van der Waals surface area contributed by atoms with Crippen LogP contribution in [-0.4, -0.2) is 12.8 Å². The summed E-state index contributed by atoms with van der Waals surface area (Å²) in [6.07, 6.45) is -4.34. The van der Waals surface area contributed by atoms with Gasteiger partial charge in [0.15, 0.2) is 6.61 Å². The first-order valence-electron chi connectivity index (χ1n) is 4.11. The van der Waals surface area contributed by atoms with Crippen LogP contribution in [0.15, 0.2) is 22.7 Å². The Kier molecular flexibility index (Phi) is 3.98. The lowest BCUT2D eigenvalue weighted by molar-refractivity contribution is -0.153. The van der Waals surface area contributed by atoms with Crippen LogP contribution < -0.4 is 10.5 Å². The number of hydrogen-bond donors (Lipinski definition) is 1. The van der Waals surface area contributed by atoms with Crippen molar-refractivity contribution in [3.63, 3.8) is 0 Å². The van der Waals surface area contributed by atoms with Gasteiger partial charge in [-0.1, -0.05) is 12.1 Å². The molecule has 0 unspecified atom stereocenters. The van der Waals surface area contributed by atoms with E-state index in [0.29, 0.717) is 10.0 Å². The Bertz CT molecular complexity index is 341. The van der Waals surface area contributed by atoms with E-state index < -0.39 is 12.8 Å². The molecule has 0 atom stereocenters. The van der Waals surface area contributed by atoms with Crippen LogP contribution in [0.2, 0.25) is 0 Å². The fourth-order valence-electron chi connectivity index (χ4n) is 0.985. The molecule has 0 saturated heterocycles. The van der Waals surface area contributed by atoms with Crippen molar-refractivity contribution >= 4 is 15.9 Å². The summed E-state index contributed by atoms with van der Waals surface area (Å²) in [4.78, 5) is 0. The Morgan fingerprint density at radius 1 is 1.33 bits per heavy atom. The minimum atomic E-state index is -4.34. The standard InChI is InChI=1S/C9H9BrF3NO/c10-8-6(4-14)2-1-3-7(8)15-5-9(11,12)13/h1-3H,4-5,14H2. The quantitative estimate of drug-likeness (QED) is 0.926. The fraction of sp³-hybridized carbons (Fsp3) is 0.333. The first kappa shape index (κ1) is 12.3. The number of ether oxygens (including phenoxy) is 1. The van der Waals surface area contributed by atoms with Crippen LogP contribution in [0, 0.1) is 0 Å². The van der Waals surface area contributed by atoms with E-state index in [9.17, 15) is 13.2 Å². The van der Waals surface area contributed by atoms with Crippen LogP contribution >= 0.6 is 15.9 Å². The van der Waals surface area contributed by atoms with Crippen molar-refractivity contribution in [1.82, 2.24) is 0 Å². The third kappa shape index (κ3) is 3.71. The molecule has 84 valence electrons. The van der Waals surface area contributed by atoms with Gasteiger partial charge in [-0.2, -0.15) is 13.2 Å². The highest BCUT2D eigenvalue weighted by Crippen LogP contribution is 2.29. The highest BCUT2D eigenvalue weighted by Gasteiger charge is 2.28. The molecule has 0 bridgehead atoms. The van der Waals surface area contributed by atoms with Crippen molar-refractivity contribution in [2.45, 2.75) is 12.7 Å². The van der Waals surface area contributed by atoms with Crippen LogP contribution in [0.1, 0.15) is 5.56 Å². The molecule has 0 saturated carbocycles. The second-order valence-corrected chi connectivity index (χ2v) is 3.63. The maximum atomic E-state index is 11.9. The van der Waals surface area contributed by atoms with Crippen molar-refractivity contribution in [1.29, 1.82) is 0 Å². The molecule has 1 aromatic carbocycles. The average molecular weight is 284 g/mol. The molecule has 15 heavy (non-hydrogen) atoms. The summed E-state index contributed by atoms with van der Waals surface area (Å²) in [5.41, 5.74) is 6.10. The first-order valence-corrected chi connectivity index (χ1v) is 4.90. The monoisotopic (exact) mass is 283 g/mol. The molecule has 0 aliphatic rings. The molecule has 0 fully saturated rings. The minimum absolute atomic E-state index is 0.148. The molecular formula is C9H9BrF3NO. The number of halogens is 4. The average Bonchev–Trinajstić information content (AvgIpc) is 2.15. The molecular weight excluding hydrogens is 275 g/mol. The summed E-state index contributed by atoms with van der Waals surface area (Å²) < 4.78 is 40.8. The van der Waals surface area contributed by atoms with Gasteiger partial charge in [0.1, 0.15) is 5.75 Å². The Morgan fingerprint density at radius 3 is 2.53 bits per heavy atom. The van der Waals surface area contributed by atoms with Crippen LogP contribution in [0.4, 0.5) is 13.2 Å². The molecule has 0 aromatic heterocycles. The summed E-state index contributed by atoms with van der Waals surface area (Å²) in [5, 5.41) is 0. The number of alkyl halides is 3. The van der Waals surface area contributed by atoms with E-state index in [-0.39, 0.29) is 12.3 Å². The normalized spacial score (nSPS) is 11.5. The van der Waals surface area contributed by atoms with Crippen molar-refractivity contribution < 1.29 is 17.9 Å². The fourth-order valence-corrected chi connectivity index (χ4v) is 1.53. The van der Waals surface area contributed by atoms with Gasteiger partial charge in [-0.05, 0) is 27.6 Å². The van der Waals surface area contributed by atoms with E-state index in [0.717, 1.165) is 0 Å². The molecule has 0 heterocycles. The van der Waals surface area contributed by atoms with Crippen molar-refractivity contribution in [2.24, 2.45) is 5.73 Å². The van der Waals surface area contributed by atoms with E-state index in [1.807, 2.05) is 0 Å². The van der Waals surface area contributed by atoms with Gasteiger partial charge >= 0.3 is 6.18 Å². The number of nitrogens with two attached hydrogens (primary N) is 1. The van der Waals surface area contributed by atoms with Crippen LogP contribution in [0.3, 0.4) is 0 Å². The third-order valence-electron chi connectivity index (χ3n) is 1.65. The Balaban J connectivity index is 2.78. The molecule has 1 aromatic rings. The lowest BCUT2D eigenvalue weighted by Crippen LogP contribution is -2.19. The predicted molar refractivity (Wildman–Crippen MR) is 53.6 cm³/mol. The number of hydrogen-bond acceptors (Lipinski definition) is 2. The van der Waals surface area contributed by atoms with E-state index in [2.05, 4.69) is 20.7 Å². The Morgan fingerprint density at radius 2 is 2.00 bits per heavy atom. The molecule has 2 nitrogen and oxygen atoms in total. The van der Waals surface area contributed by atoms with Crippen LogP contribution in [0.25, 0.3) is 0 Å². The summed E-state index contributed by atoms with van der Waals surface area (Å²) >= 11 is 3.14. The lowest BCUT2D eigenvalue weighted by atomic mass is 10.2. The molecule has 1 rings (SSSR count). The van der Waals surface area contributed by atoms with E-state index in [4.69, 9.17) is 5.73 Å². The Hall–Kier alpha value is -0.750. The van der Waals surface area contributed by atoms with Crippen LogP contribution in [-0.2, 0) is 6.54 Å². The summed E-state index contributed by atoms with van der Waals surface area (Å²) in [6.45, 7) is -1.07. The molecule has 0 aliphatic heterocycles. The molecule has 2 N–H and O–H groups in total. The Labute approximate surface area is 93.3 Å². The van der Waals surface area contributed by atoms with Gasteiger partial charge in [0, 0.05) is 6.54 Å². The third-order valence-corrected chi connectivity index (χ3v) is 2.55. The summed E-state index contributed by atoms with van der Waals surface area (Å²) in [6, 6.07) is 4.76. The highest BCUT2D eigenvalue weighted by molar-refractivity contribution is 9.10. The van der Waals surface area contributed by atoms with Crippen LogP contribution in [0.5, 0.6) is 5.75 Å². The van der Waals surface area contributed by atoms with Gasteiger partial charge in [-0.3, -0.25) is 0 Å². The molecule has 6 heteroatoms.